The lowest BCUT2D eigenvalue weighted by Crippen LogP contribution is -2.57. The van der Waals surface area contributed by atoms with Crippen molar-refractivity contribution in [3.05, 3.63) is 23.9 Å². The molecular formula is C15H25N3O. The van der Waals surface area contributed by atoms with Gasteiger partial charge in [-0.3, -0.25) is 0 Å². The zero-order valence-corrected chi connectivity index (χ0v) is 12.7. The average Bonchev–Trinajstić information content (AvgIpc) is 2.26. The first-order valence-corrected chi connectivity index (χ1v) is 6.87. The van der Waals surface area contributed by atoms with Crippen molar-refractivity contribution in [2.75, 3.05) is 25.0 Å². The zero-order valence-electron chi connectivity index (χ0n) is 12.7. The van der Waals surface area contributed by atoms with Gasteiger partial charge in [0.05, 0.1) is 11.2 Å². The first kappa shape index (κ1) is 14.3. The molecule has 0 amide bonds. The Kier molecular flexibility index (Phi) is 3.83. The Morgan fingerprint density at radius 3 is 2.47 bits per heavy atom. The molecule has 1 aliphatic rings. The van der Waals surface area contributed by atoms with Crippen molar-refractivity contribution < 1.29 is 4.74 Å². The zero-order chi connectivity index (χ0) is 14.1. The lowest BCUT2D eigenvalue weighted by atomic mass is 9.98. The minimum Gasteiger partial charge on any atom is -0.366 e. The topological polar surface area (TPSA) is 37.4 Å². The van der Waals surface area contributed by atoms with Crippen molar-refractivity contribution in [1.82, 2.24) is 10.3 Å². The van der Waals surface area contributed by atoms with E-state index in [2.05, 4.69) is 49.0 Å². The van der Waals surface area contributed by atoms with Crippen LogP contribution < -0.4 is 10.2 Å². The van der Waals surface area contributed by atoms with E-state index in [9.17, 15) is 0 Å². The summed E-state index contributed by atoms with van der Waals surface area (Å²) in [5.74, 6) is 1.07. The summed E-state index contributed by atoms with van der Waals surface area (Å²) >= 11 is 0. The van der Waals surface area contributed by atoms with Crippen LogP contribution >= 0.6 is 0 Å². The third kappa shape index (κ3) is 3.45. The Labute approximate surface area is 116 Å². The molecule has 0 saturated carbocycles. The highest BCUT2D eigenvalue weighted by Gasteiger charge is 2.39. The van der Waals surface area contributed by atoms with E-state index in [4.69, 9.17) is 4.74 Å². The van der Waals surface area contributed by atoms with E-state index in [1.807, 2.05) is 19.3 Å². The molecule has 0 atom stereocenters. The fourth-order valence-electron chi connectivity index (χ4n) is 2.98. The van der Waals surface area contributed by atoms with Crippen LogP contribution in [0.2, 0.25) is 0 Å². The van der Waals surface area contributed by atoms with Gasteiger partial charge in [-0.05, 0) is 40.8 Å². The van der Waals surface area contributed by atoms with Crippen LogP contribution in [0.1, 0.15) is 33.3 Å². The average molecular weight is 263 g/mol. The molecule has 0 radical (unpaired) electrons. The molecule has 2 rings (SSSR count). The largest absolute Gasteiger partial charge is 0.366 e. The Morgan fingerprint density at radius 2 is 1.89 bits per heavy atom. The summed E-state index contributed by atoms with van der Waals surface area (Å²) in [6.45, 7) is 11.1. The molecule has 2 heterocycles. The highest BCUT2D eigenvalue weighted by atomic mass is 16.5. The molecule has 1 aromatic heterocycles. The standard InChI is InChI=1S/C15H25N3O/c1-14(2)10-18(11-15(3,4)19-14)13-12(9-16-5)7-6-8-17-13/h6-8,16H,9-11H2,1-5H3. The number of morpholine rings is 1. The van der Waals surface area contributed by atoms with Crippen LogP contribution in [0.15, 0.2) is 18.3 Å². The Morgan fingerprint density at radius 1 is 1.26 bits per heavy atom. The smallest absolute Gasteiger partial charge is 0.133 e. The maximum atomic E-state index is 6.13. The molecule has 0 unspecified atom stereocenters. The second kappa shape index (κ2) is 5.10. The highest BCUT2D eigenvalue weighted by molar-refractivity contribution is 5.48. The summed E-state index contributed by atoms with van der Waals surface area (Å²) in [7, 11) is 1.96. The number of rotatable bonds is 3. The molecule has 0 spiro atoms. The number of pyridine rings is 1. The van der Waals surface area contributed by atoms with Gasteiger partial charge in [-0.2, -0.15) is 0 Å². The van der Waals surface area contributed by atoms with Gasteiger partial charge in [-0.1, -0.05) is 6.07 Å². The van der Waals surface area contributed by atoms with Gasteiger partial charge in [0.1, 0.15) is 5.82 Å². The number of hydrogen-bond donors (Lipinski definition) is 1. The first-order valence-electron chi connectivity index (χ1n) is 6.87. The van der Waals surface area contributed by atoms with Crippen molar-refractivity contribution >= 4 is 5.82 Å². The minimum atomic E-state index is -0.157. The molecule has 4 nitrogen and oxygen atoms in total. The predicted molar refractivity (Wildman–Crippen MR) is 78.5 cm³/mol. The lowest BCUT2D eigenvalue weighted by Gasteiger charge is -2.48. The first-order chi connectivity index (χ1) is 8.83. The fourth-order valence-corrected chi connectivity index (χ4v) is 2.98. The molecule has 106 valence electrons. The predicted octanol–water partition coefficient (Wildman–Crippen LogP) is 2.19. The number of ether oxygens (including phenoxy) is 1. The maximum Gasteiger partial charge on any atom is 0.133 e. The summed E-state index contributed by atoms with van der Waals surface area (Å²) in [6.07, 6.45) is 1.87. The van der Waals surface area contributed by atoms with Gasteiger partial charge in [0.15, 0.2) is 0 Å². The van der Waals surface area contributed by atoms with Crippen molar-refractivity contribution in [3.63, 3.8) is 0 Å². The summed E-state index contributed by atoms with van der Waals surface area (Å²) in [5.41, 5.74) is 0.922. The van der Waals surface area contributed by atoms with E-state index in [1.54, 1.807) is 0 Å². The summed E-state index contributed by atoms with van der Waals surface area (Å²) in [5, 5.41) is 3.21. The molecule has 4 heteroatoms. The molecule has 0 aliphatic carbocycles. The Hall–Kier alpha value is -1.13. The number of nitrogens with zero attached hydrogens (tertiary/aromatic N) is 2. The van der Waals surface area contributed by atoms with E-state index in [0.29, 0.717) is 0 Å². The van der Waals surface area contributed by atoms with Crippen LogP contribution in [0, 0.1) is 0 Å². The third-order valence-electron chi connectivity index (χ3n) is 3.23. The monoisotopic (exact) mass is 263 g/mol. The van der Waals surface area contributed by atoms with Gasteiger partial charge in [0, 0.05) is 31.4 Å². The molecule has 1 aromatic rings. The van der Waals surface area contributed by atoms with Gasteiger partial charge in [0.2, 0.25) is 0 Å². The molecule has 0 aromatic carbocycles. The Bertz CT molecular complexity index is 427. The van der Waals surface area contributed by atoms with Crippen LogP contribution in [0.4, 0.5) is 5.82 Å². The van der Waals surface area contributed by atoms with Gasteiger partial charge < -0.3 is 15.0 Å². The van der Waals surface area contributed by atoms with E-state index >= 15 is 0 Å². The summed E-state index contributed by atoms with van der Waals surface area (Å²) in [4.78, 5) is 6.93. The van der Waals surface area contributed by atoms with Crippen LogP contribution in [-0.4, -0.2) is 36.3 Å². The van der Waals surface area contributed by atoms with Gasteiger partial charge >= 0.3 is 0 Å². The van der Waals surface area contributed by atoms with Gasteiger partial charge in [0.25, 0.3) is 0 Å². The second-order valence-electron chi connectivity index (χ2n) is 6.49. The highest BCUT2D eigenvalue weighted by Crippen LogP contribution is 2.31. The summed E-state index contributed by atoms with van der Waals surface area (Å²) < 4.78 is 6.13. The number of aromatic nitrogens is 1. The fraction of sp³-hybridized carbons (Fsp3) is 0.667. The lowest BCUT2D eigenvalue weighted by molar-refractivity contribution is -0.133. The van der Waals surface area contributed by atoms with Gasteiger partial charge in [-0.25, -0.2) is 4.98 Å². The molecular weight excluding hydrogens is 238 g/mol. The molecule has 1 fully saturated rings. The van der Waals surface area contributed by atoms with Gasteiger partial charge in [-0.15, -0.1) is 0 Å². The molecule has 1 N–H and O–H groups in total. The van der Waals surface area contributed by atoms with Crippen LogP contribution in [-0.2, 0) is 11.3 Å². The van der Waals surface area contributed by atoms with E-state index in [0.717, 1.165) is 25.5 Å². The summed E-state index contributed by atoms with van der Waals surface area (Å²) in [6, 6.07) is 4.13. The van der Waals surface area contributed by atoms with Crippen molar-refractivity contribution in [2.45, 2.75) is 45.4 Å². The number of nitrogens with one attached hydrogen (secondary N) is 1. The normalized spacial score (nSPS) is 21.4. The van der Waals surface area contributed by atoms with Crippen LogP contribution in [0.3, 0.4) is 0 Å². The second-order valence-corrected chi connectivity index (χ2v) is 6.49. The number of anilines is 1. The quantitative estimate of drug-likeness (QED) is 0.907. The maximum absolute atomic E-state index is 6.13. The van der Waals surface area contributed by atoms with E-state index in [1.165, 1.54) is 5.56 Å². The molecule has 1 aliphatic heterocycles. The van der Waals surface area contributed by atoms with Crippen molar-refractivity contribution in [3.8, 4) is 0 Å². The molecule has 19 heavy (non-hydrogen) atoms. The third-order valence-corrected chi connectivity index (χ3v) is 3.23. The Balaban J connectivity index is 2.30. The van der Waals surface area contributed by atoms with Crippen molar-refractivity contribution in [2.24, 2.45) is 0 Å². The minimum absolute atomic E-state index is 0.157. The van der Waals surface area contributed by atoms with Crippen molar-refractivity contribution in [1.29, 1.82) is 0 Å². The van der Waals surface area contributed by atoms with E-state index < -0.39 is 0 Å². The molecule has 0 bridgehead atoms. The van der Waals surface area contributed by atoms with E-state index in [-0.39, 0.29) is 11.2 Å². The SMILES string of the molecule is CNCc1cccnc1N1CC(C)(C)OC(C)(C)C1. The molecule has 1 saturated heterocycles. The van der Waals surface area contributed by atoms with Crippen LogP contribution in [0.25, 0.3) is 0 Å². The van der Waals surface area contributed by atoms with Crippen LogP contribution in [0.5, 0.6) is 0 Å². The number of hydrogen-bond acceptors (Lipinski definition) is 4.